The molecule has 0 radical (unpaired) electrons. The fraction of sp³-hybridized carbons (Fsp3) is 0.938. The van der Waals surface area contributed by atoms with Crippen LogP contribution in [-0.4, -0.2) is 47.2 Å². The minimum absolute atomic E-state index is 0.0350. The fourth-order valence-corrected chi connectivity index (χ4v) is 4.04. The SMILES string of the molecule is O=C(NC(CO)CC1CCCC1)C1CCCN1C1CC1. The number of rotatable bonds is 6. The first-order valence-electron chi connectivity index (χ1n) is 8.45. The highest BCUT2D eigenvalue weighted by atomic mass is 16.3. The van der Waals surface area contributed by atoms with Crippen molar-refractivity contribution in [2.45, 2.75) is 75.9 Å². The summed E-state index contributed by atoms with van der Waals surface area (Å²) >= 11 is 0. The minimum atomic E-state index is -0.0350. The molecular formula is C16H28N2O2. The monoisotopic (exact) mass is 280 g/mol. The van der Waals surface area contributed by atoms with Gasteiger partial charge in [-0.25, -0.2) is 0 Å². The van der Waals surface area contributed by atoms with Gasteiger partial charge in [-0.2, -0.15) is 0 Å². The highest BCUT2D eigenvalue weighted by molar-refractivity contribution is 5.82. The lowest BCUT2D eigenvalue weighted by Crippen LogP contribution is -2.49. The lowest BCUT2D eigenvalue weighted by Gasteiger charge is -2.26. The highest BCUT2D eigenvalue weighted by Crippen LogP contribution is 2.33. The Labute approximate surface area is 121 Å². The van der Waals surface area contributed by atoms with Crippen LogP contribution in [0, 0.1) is 5.92 Å². The molecule has 2 unspecified atom stereocenters. The molecule has 0 aromatic carbocycles. The molecule has 1 amide bonds. The van der Waals surface area contributed by atoms with Crippen LogP contribution in [0.2, 0.25) is 0 Å². The highest BCUT2D eigenvalue weighted by Gasteiger charge is 2.40. The predicted molar refractivity (Wildman–Crippen MR) is 78.3 cm³/mol. The van der Waals surface area contributed by atoms with Crippen molar-refractivity contribution in [2.24, 2.45) is 5.92 Å². The molecule has 20 heavy (non-hydrogen) atoms. The van der Waals surface area contributed by atoms with E-state index in [9.17, 15) is 9.90 Å². The summed E-state index contributed by atoms with van der Waals surface area (Å²) in [6.45, 7) is 1.16. The van der Waals surface area contributed by atoms with E-state index in [-0.39, 0.29) is 24.6 Å². The molecule has 4 nitrogen and oxygen atoms in total. The largest absolute Gasteiger partial charge is 0.394 e. The third-order valence-electron chi connectivity index (χ3n) is 5.27. The molecule has 1 aliphatic heterocycles. The molecule has 1 heterocycles. The van der Waals surface area contributed by atoms with Gasteiger partial charge in [-0.05, 0) is 44.6 Å². The van der Waals surface area contributed by atoms with Crippen molar-refractivity contribution in [3.8, 4) is 0 Å². The molecular weight excluding hydrogens is 252 g/mol. The Hall–Kier alpha value is -0.610. The van der Waals surface area contributed by atoms with E-state index in [4.69, 9.17) is 0 Å². The molecule has 2 atom stereocenters. The van der Waals surface area contributed by atoms with E-state index in [1.807, 2.05) is 0 Å². The quantitative estimate of drug-likeness (QED) is 0.778. The standard InChI is InChI=1S/C16H28N2O2/c19-11-13(10-12-4-1-2-5-12)17-16(20)15-6-3-9-18(15)14-7-8-14/h12-15,19H,1-11H2,(H,17,20). The second kappa shape index (κ2) is 6.44. The smallest absolute Gasteiger partial charge is 0.237 e. The zero-order chi connectivity index (χ0) is 13.9. The maximum Gasteiger partial charge on any atom is 0.237 e. The van der Waals surface area contributed by atoms with Crippen LogP contribution in [0.15, 0.2) is 0 Å². The average molecular weight is 280 g/mol. The van der Waals surface area contributed by atoms with Gasteiger partial charge in [-0.3, -0.25) is 9.69 Å². The molecule has 2 N–H and O–H groups in total. The van der Waals surface area contributed by atoms with Crippen LogP contribution in [0.25, 0.3) is 0 Å². The Kier molecular flexibility index (Phi) is 4.61. The second-order valence-corrected chi connectivity index (χ2v) is 6.90. The lowest BCUT2D eigenvalue weighted by molar-refractivity contribution is -0.126. The van der Waals surface area contributed by atoms with Gasteiger partial charge >= 0.3 is 0 Å². The summed E-state index contributed by atoms with van der Waals surface area (Å²) in [6, 6.07) is 0.697. The minimum Gasteiger partial charge on any atom is -0.394 e. The number of aliphatic hydroxyl groups is 1. The van der Waals surface area contributed by atoms with Crippen LogP contribution in [0.1, 0.15) is 57.8 Å². The molecule has 3 fully saturated rings. The number of likely N-dealkylation sites (tertiary alicyclic amines) is 1. The first kappa shape index (κ1) is 14.3. The maximum atomic E-state index is 12.5. The third kappa shape index (κ3) is 3.34. The van der Waals surface area contributed by atoms with Crippen LogP contribution in [0.3, 0.4) is 0 Å². The Bertz CT molecular complexity index is 337. The van der Waals surface area contributed by atoms with E-state index in [1.54, 1.807) is 0 Å². The summed E-state index contributed by atoms with van der Waals surface area (Å²) < 4.78 is 0. The van der Waals surface area contributed by atoms with Crippen molar-refractivity contribution in [1.82, 2.24) is 10.2 Å². The average Bonchev–Trinajstić information content (AvgIpc) is 2.97. The van der Waals surface area contributed by atoms with Crippen molar-refractivity contribution >= 4 is 5.91 Å². The normalized spacial score (nSPS) is 29.8. The van der Waals surface area contributed by atoms with Crippen LogP contribution in [0.4, 0.5) is 0 Å². The van der Waals surface area contributed by atoms with Crippen LogP contribution in [-0.2, 0) is 4.79 Å². The number of carbonyl (C=O) groups is 1. The molecule has 0 aromatic rings. The summed E-state index contributed by atoms with van der Waals surface area (Å²) in [6.07, 6.45) is 10.8. The Morgan fingerprint density at radius 1 is 1.15 bits per heavy atom. The topological polar surface area (TPSA) is 52.6 Å². The lowest BCUT2D eigenvalue weighted by atomic mass is 9.98. The number of nitrogens with zero attached hydrogens (tertiary/aromatic N) is 1. The van der Waals surface area contributed by atoms with Gasteiger partial charge in [0, 0.05) is 6.04 Å². The Balaban J connectivity index is 1.50. The predicted octanol–water partition coefficient (Wildman–Crippen LogP) is 1.67. The van der Waals surface area contributed by atoms with Crippen molar-refractivity contribution in [1.29, 1.82) is 0 Å². The van der Waals surface area contributed by atoms with Crippen molar-refractivity contribution in [2.75, 3.05) is 13.2 Å². The number of carbonyl (C=O) groups excluding carboxylic acids is 1. The number of hydrogen-bond donors (Lipinski definition) is 2. The van der Waals surface area contributed by atoms with Gasteiger partial charge in [0.1, 0.15) is 0 Å². The van der Waals surface area contributed by atoms with E-state index >= 15 is 0 Å². The van der Waals surface area contributed by atoms with Gasteiger partial charge in [0.15, 0.2) is 0 Å². The Morgan fingerprint density at radius 2 is 1.90 bits per heavy atom. The zero-order valence-electron chi connectivity index (χ0n) is 12.4. The zero-order valence-corrected chi connectivity index (χ0v) is 12.4. The van der Waals surface area contributed by atoms with Gasteiger partial charge in [0.25, 0.3) is 0 Å². The fourth-order valence-electron chi connectivity index (χ4n) is 4.04. The van der Waals surface area contributed by atoms with Crippen molar-refractivity contribution in [3.63, 3.8) is 0 Å². The van der Waals surface area contributed by atoms with Gasteiger partial charge in [0.2, 0.25) is 5.91 Å². The molecule has 3 rings (SSSR count). The Morgan fingerprint density at radius 3 is 2.55 bits per heavy atom. The molecule has 2 saturated carbocycles. The molecule has 1 saturated heterocycles. The molecule has 3 aliphatic rings. The van der Waals surface area contributed by atoms with Gasteiger partial charge in [-0.1, -0.05) is 25.7 Å². The van der Waals surface area contributed by atoms with Gasteiger partial charge in [-0.15, -0.1) is 0 Å². The van der Waals surface area contributed by atoms with E-state index in [0.29, 0.717) is 12.0 Å². The molecule has 114 valence electrons. The summed E-state index contributed by atoms with van der Waals surface area (Å²) in [5.41, 5.74) is 0. The van der Waals surface area contributed by atoms with Crippen LogP contribution >= 0.6 is 0 Å². The number of hydrogen-bond acceptors (Lipinski definition) is 3. The first-order valence-corrected chi connectivity index (χ1v) is 8.45. The maximum absolute atomic E-state index is 12.5. The van der Waals surface area contributed by atoms with Crippen LogP contribution < -0.4 is 5.32 Å². The molecule has 0 spiro atoms. The molecule has 2 aliphatic carbocycles. The summed E-state index contributed by atoms with van der Waals surface area (Å²) in [4.78, 5) is 14.9. The van der Waals surface area contributed by atoms with E-state index < -0.39 is 0 Å². The number of amides is 1. The third-order valence-corrected chi connectivity index (χ3v) is 5.27. The molecule has 4 heteroatoms. The first-order chi connectivity index (χ1) is 9.78. The van der Waals surface area contributed by atoms with Gasteiger partial charge < -0.3 is 10.4 Å². The van der Waals surface area contributed by atoms with Crippen molar-refractivity contribution in [3.05, 3.63) is 0 Å². The van der Waals surface area contributed by atoms with E-state index in [0.717, 1.165) is 25.8 Å². The van der Waals surface area contributed by atoms with E-state index in [1.165, 1.54) is 38.5 Å². The van der Waals surface area contributed by atoms with Crippen molar-refractivity contribution < 1.29 is 9.90 Å². The number of nitrogens with one attached hydrogen (secondary N) is 1. The second-order valence-electron chi connectivity index (χ2n) is 6.90. The van der Waals surface area contributed by atoms with Crippen LogP contribution in [0.5, 0.6) is 0 Å². The van der Waals surface area contributed by atoms with Gasteiger partial charge in [0.05, 0.1) is 18.7 Å². The summed E-state index contributed by atoms with van der Waals surface area (Å²) in [5, 5.41) is 12.7. The van der Waals surface area contributed by atoms with E-state index in [2.05, 4.69) is 10.2 Å². The number of aliphatic hydroxyl groups excluding tert-OH is 1. The summed E-state index contributed by atoms with van der Waals surface area (Å²) in [5.74, 6) is 0.863. The molecule has 0 aromatic heterocycles. The summed E-state index contributed by atoms with van der Waals surface area (Å²) in [7, 11) is 0. The molecule has 0 bridgehead atoms.